The SMILES string of the molecule is COCCN1CCN(C(=O)Nc2cccc3cccnc23)CC1. The summed E-state index contributed by atoms with van der Waals surface area (Å²) in [6.45, 7) is 4.86. The number of carbonyl (C=O) groups excluding carboxylic acids is 1. The highest BCUT2D eigenvalue weighted by molar-refractivity contribution is 5.99. The first-order valence-corrected chi connectivity index (χ1v) is 7.89. The molecule has 1 aliphatic heterocycles. The number of anilines is 1. The zero-order valence-electron chi connectivity index (χ0n) is 13.4. The molecule has 122 valence electrons. The molecule has 1 aromatic heterocycles. The lowest BCUT2D eigenvalue weighted by Gasteiger charge is -2.34. The molecule has 2 aromatic rings. The van der Waals surface area contributed by atoms with E-state index in [2.05, 4.69) is 15.2 Å². The van der Waals surface area contributed by atoms with E-state index in [9.17, 15) is 4.79 Å². The first kappa shape index (κ1) is 15.7. The van der Waals surface area contributed by atoms with Crippen LogP contribution in [0.3, 0.4) is 0 Å². The Morgan fingerprint density at radius 1 is 1.22 bits per heavy atom. The summed E-state index contributed by atoms with van der Waals surface area (Å²) in [7, 11) is 1.71. The van der Waals surface area contributed by atoms with Gasteiger partial charge in [0.05, 0.1) is 17.8 Å². The zero-order chi connectivity index (χ0) is 16.1. The summed E-state index contributed by atoms with van der Waals surface area (Å²) in [4.78, 5) is 21.0. The van der Waals surface area contributed by atoms with Crippen molar-refractivity contribution in [2.24, 2.45) is 0 Å². The Balaban J connectivity index is 1.61. The lowest BCUT2D eigenvalue weighted by Crippen LogP contribution is -2.50. The topological polar surface area (TPSA) is 57.7 Å². The average Bonchev–Trinajstić information content (AvgIpc) is 2.60. The number of carbonyl (C=O) groups is 1. The summed E-state index contributed by atoms with van der Waals surface area (Å²) in [5, 5.41) is 4.02. The number of hydrogen-bond acceptors (Lipinski definition) is 4. The lowest BCUT2D eigenvalue weighted by molar-refractivity contribution is 0.109. The van der Waals surface area contributed by atoms with E-state index in [0.717, 1.165) is 55.9 Å². The van der Waals surface area contributed by atoms with Crippen molar-refractivity contribution >= 4 is 22.6 Å². The Hall–Kier alpha value is -2.18. The van der Waals surface area contributed by atoms with Gasteiger partial charge in [-0.1, -0.05) is 18.2 Å². The second-order valence-corrected chi connectivity index (χ2v) is 5.63. The van der Waals surface area contributed by atoms with E-state index >= 15 is 0 Å². The minimum absolute atomic E-state index is 0.0606. The molecule has 0 spiro atoms. The number of ether oxygens (including phenoxy) is 1. The molecule has 1 fully saturated rings. The van der Waals surface area contributed by atoms with E-state index in [4.69, 9.17) is 4.74 Å². The van der Waals surface area contributed by atoms with E-state index in [-0.39, 0.29) is 6.03 Å². The fourth-order valence-electron chi connectivity index (χ4n) is 2.79. The molecule has 0 radical (unpaired) electrons. The number of piperazine rings is 1. The molecule has 1 saturated heterocycles. The summed E-state index contributed by atoms with van der Waals surface area (Å²) < 4.78 is 5.10. The Morgan fingerprint density at radius 2 is 2.00 bits per heavy atom. The average molecular weight is 314 g/mol. The summed E-state index contributed by atoms with van der Waals surface area (Å²) in [6.07, 6.45) is 1.74. The maximum Gasteiger partial charge on any atom is 0.321 e. The first-order chi connectivity index (χ1) is 11.3. The number of nitrogens with zero attached hydrogens (tertiary/aromatic N) is 3. The third-order valence-electron chi connectivity index (χ3n) is 4.15. The van der Waals surface area contributed by atoms with Crippen LogP contribution in [-0.2, 0) is 4.74 Å². The summed E-state index contributed by atoms with van der Waals surface area (Å²) in [5.74, 6) is 0. The van der Waals surface area contributed by atoms with E-state index < -0.39 is 0 Å². The van der Waals surface area contributed by atoms with Crippen LogP contribution in [0.25, 0.3) is 10.9 Å². The number of rotatable bonds is 4. The van der Waals surface area contributed by atoms with Crippen molar-refractivity contribution in [3.05, 3.63) is 36.5 Å². The van der Waals surface area contributed by atoms with Crippen LogP contribution in [0.1, 0.15) is 0 Å². The van der Waals surface area contributed by atoms with Gasteiger partial charge in [0.2, 0.25) is 0 Å². The molecule has 2 heterocycles. The highest BCUT2D eigenvalue weighted by Crippen LogP contribution is 2.21. The number of amides is 2. The standard InChI is InChI=1S/C17H22N4O2/c1-23-13-12-20-8-10-21(11-9-20)17(22)19-15-6-2-4-14-5-3-7-18-16(14)15/h2-7H,8-13H2,1H3,(H,19,22). The van der Waals surface area contributed by atoms with Crippen LogP contribution < -0.4 is 5.32 Å². The number of nitrogens with one attached hydrogen (secondary N) is 1. The Labute approximate surface area is 136 Å². The number of aromatic nitrogens is 1. The summed E-state index contributed by atoms with van der Waals surface area (Å²) in [6, 6.07) is 9.64. The highest BCUT2D eigenvalue weighted by atomic mass is 16.5. The number of hydrogen-bond donors (Lipinski definition) is 1. The van der Waals surface area contributed by atoms with Crippen molar-refractivity contribution in [1.29, 1.82) is 0 Å². The van der Waals surface area contributed by atoms with Crippen molar-refractivity contribution in [2.45, 2.75) is 0 Å². The van der Waals surface area contributed by atoms with Crippen LogP contribution in [0, 0.1) is 0 Å². The Morgan fingerprint density at radius 3 is 2.78 bits per heavy atom. The van der Waals surface area contributed by atoms with Crippen molar-refractivity contribution < 1.29 is 9.53 Å². The molecule has 1 aliphatic rings. The van der Waals surface area contributed by atoms with Crippen molar-refractivity contribution in [2.75, 3.05) is 51.8 Å². The van der Waals surface area contributed by atoms with Gasteiger partial charge in [-0.25, -0.2) is 4.79 Å². The molecule has 0 bridgehead atoms. The molecule has 0 atom stereocenters. The minimum atomic E-state index is -0.0606. The van der Waals surface area contributed by atoms with Gasteiger partial charge in [0.15, 0.2) is 0 Å². The molecule has 0 aliphatic carbocycles. The van der Waals surface area contributed by atoms with Gasteiger partial charge in [-0.3, -0.25) is 9.88 Å². The van der Waals surface area contributed by atoms with Crippen LogP contribution in [0.5, 0.6) is 0 Å². The third-order valence-corrected chi connectivity index (χ3v) is 4.15. The third kappa shape index (κ3) is 3.78. The first-order valence-electron chi connectivity index (χ1n) is 7.89. The maximum absolute atomic E-state index is 12.5. The van der Waals surface area contributed by atoms with E-state index in [1.54, 1.807) is 13.3 Å². The molecule has 0 unspecified atom stereocenters. The largest absolute Gasteiger partial charge is 0.383 e. The molecule has 6 heteroatoms. The molecule has 2 amide bonds. The number of para-hydroxylation sites is 1. The van der Waals surface area contributed by atoms with E-state index in [1.165, 1.54) is 0 Å². The fraction of sp³-hybridized carbons (Fsp3) is 0.412. The Kier molecular flexibility index (Phi) is 5.05. The quantitative estimate of drug-likeness (QED) is 0.938. The molecule has 3 rings (SSSR count). The van der Waals surface area contributed by atoms with Crippen LogP contribution in [0.15, 0.2) is 36.5 Å². The normalized spacial score (nSPS) is 15.8. The minimum Gasteiger partial charge on any atom is -0.383 e. The van der Waals surface area contributed by atoms with Crippen molar-refractivity contribution in [3.8, 4) is 0 Å². The number of fused-ring (bicyclic) bond motifs is 1. The van der Waals surface area contributed by atoms with Crippen LogP contribution in [-0.4, -0.2) is 67.3 Å². The maximum atomic E-state index is 12.5. The predicted molar refractivity (Wildman–Crippen MR) is 90.7 cm³/mol. The molecule has 0 saturated carbocycles. The zero-order valence-corrected chi connectivity index (χ0v) is 13.4. The molecule has 6 nitrogen and oxygen atoms in total. The van der Waals surface area contributed by atoms with Gasteiger partial charge in [-0.15, -0.1) is 0 Å². The monoisotopic (exact) mass is 314 g/mol. The van der Waals surface area contributed by atoms with Crippen LogP contribution in [0.2, 0.25) is 0 Å². The second-order valence-electron chi connectivity index (χ2n) is 5.63. The smallest absolute Gasteiger partial charge is 0.321 e. The van der Waals surface area contributed by atoms with Crippen molar-refractivity contribution in [1.82, 2.24) is 14.8 Å². The van der Waals surface area contributed by atoms with Gasteiger partial charge < -0.3 is 15.0 Å². The summed E-state index contributed by atoms with van der Waals surface area (Å²) >= 11 is 0. The number of methoxy groups -OCH3 is 1. The lowest BCUT2D eigenvalue weighted by atomic mass is 10.2. The molecular weight excluding hydrogens is 292 g/mol. The number of pyridine rings is 1. The van der Waals surface area contributed by atoms with E-state index in [1.807, 2.05) is 35.2 Å². The molecule has 1 N–H and O–H groups in total. The predicted octanol–water partition coefficient (Wildman–Crippen LogP) is 2.03. The molecular formula is C17H22N4O2. The molecule has 23 heavy (non-hydrogen) atoms. The van der Waals surface area contributed by atoms with Gasteiger partial charge in [-0.05, 0) is 12.1 Å². The second kappa shape index (κ2) is 7.39. The van der Waals surface area contributed by atoms with Crippen LogP contribution in [0.4, 0.5) is 10.5 Å². The van der Waals surface area contributed by atoms with Gasteiger partial charge >= 0.3 is 6.03 Å². The number of urea groups is 1. The van der Waals surface area contributed by atoms with Crippen molar-refractivity contribution in [3.63, 3.8) is 0 Å². The van der Waals surface area contributed by atoms with E-state index in [0.29, 0.717) is 0 Å². The van der Waals surface area contributed by atoms with Gasteiger partial charge in [0, 0.05) is 51.4 Å². The molecule has 1 aromatic carbocycles. The summed E-state index contributed by atoms with van der Waals surface area (Å²) in [5.41, 5.74) is 1.58. The van der Waals surface area contributed by atoms with Gasteiger partial charge in [-0.2, -0.15) is 0 Å². The van der Waals surface area contributed by atoms with Gasteiger partial charge in [0.1, 0.15) is 0 Å². The fourth-order valence-corrected chi connectivity index (χ4v) is 2.79. The Bertz CT molecular complexity index is 663. The number of benzene rings is 1. The highest BCUT2D eigenvalue weighted by Gasteiger charge is 2.21. The van der Waals surface area contributed by atoms with Crippen LogP contribution >= 0.6 is 0 Å². The van der Waals surface area contributed by atoms with Gasteiger partial charge in [0.25, 0.3) is 0 Å².